The first-order chi connectivity index (χ1) is 6.16. The van der Waals surface area contributed by atoms with Gasteiger partial charge in [-0.15, -0.1) is 6.58 Å². The van der Waals surface area contributed by atoms with E-state index in [1.165, 1.54) is 12.8 Å². The van der Waals surface area contributed by atoms with Crippen LogP contribution in [0.15, 0.2) is 12.7 Å². The van der Waals surface area contributed by atoms with Crippen molar-refractivity contribution in [3.05, 3.63) is 12.7 Å². The van der Waals surface area contributed by atoms with Crippen molar-refractivity contribution in [2.45, 2.75) is 40.0 Å². The van der Waals surface area contributed by atoms with Crippen LogP contribution in [0, 0.1) is 11.8 Å². The fourth-order valence-electron chi connectivity index (χ4n) is 1.33. The van der Waals surface area contributed by atoms with Crippen molar-refractivity contribution in [1.82, 2.24) is 5.32 Å². The summed E-state index contributed by atoms with van der Waals surface area (Å²) in [6, 6.07) is 0. The molecule has 1 heteroatoms. The molecule has 0 rings (SSSR count). The second kappa shape index (κ2) is 8.31. The van der Waals surface area contributed by atoms with Gasteiger partial charge in [-0.05, 0) is 44.2 Å². The lowest BCUT2D eigenvalue weighted by atomic mass is 10.0. The summed E-state index contributed by atoms with van der Waals surface area (Å²) in [6.07, 6.45) is 5.77. The molecule has 0 saturated heterocycles. The zero-order valence-electron chi connectivity index (χ0n) is 9.47. The Bertz CT molecular complexity index is 118. The highest BCUT2D eigenvalue weighted by molar-refractivity contribution is 4.67. The van der Waals surface area contributed by atoms with Crippen LogP contribution in [-0.2, 0) is 0 Å². The molecule has 0 aliphatic heterocycles. The summed E-state index contributed by atoms with van der Waals surface area (Å²) >= 11 is 0. The van der Waals surface area contributed by atoms with Gasteiger partial charge in [-0.1, -0.05) is 26.8 Å². The predicted molar refractivity (Wildman–Crippen MR) is 60.9 cm³/mol. The van der Waals surface area contributed by atoms with Crippen molar-refractivity contribution in [2.75, 3.05) is 13.1 Å². The summed E-state index contributed by atoms with van der Waals surface area (Å²) in [5.74, 6) is 1.57. The van der Waals surface area contributed by atoms with E-state index in [4.69, 9.17) is 0 Å². The van der Waals surface area contributed by atoms with Gasteiger partial charge in [0.05, 0.1) is 0 Å². The Hall–Kier alpha value is -0.300. The van der Waals surface area contributed by atoms with Crippen LogP contribution in [0.3, 0.4) is 0 Å². The minimum Gasteiger partial charge on any atom is -0.316 e. The van der Waals surface area contributed by atoms with Crippen LogP contribution in [0.1, 0.15) is 40.0 Å². The lowest BCUT2D eigenvalue weighted by Crippen LogP contribution is -2.25. The molecular formula is C12H25N. The number of hydrogen-bond acceptors (Lipinski definition) is 1. The highest BCUT2D eigenvalue weighted by atomic mass is 14.9. The van der Waals surface area contributed by atoms with Crippen LogP contribution in [0.2, 0.25) is 0 Å². The van der Waals surface area contributed by atoms with E-state index in [2.05, 4.69) is 32.7 Å². The molecule has 0 amide bonds. The Labute approximate surface area is 83.6 Å². The molecule has 0 aliphatic carbocycles. The third kappa shape index (κ3) is 9.62. The average molecular weight is 183 g/mol. The highest BCUT2D eigenvalue weighted by Crippen LogP contribution is 2.06. The van der Waals surface area contributed by atoms with Crippen molar-refractivity contribution in [3.8, 4) is 0 Å². The van der Waals surface area contributed by atoms with Crippen molar-refractivity contribution in [2.24, 2.45) is 11.8 Å². The van der Waals surface area contributed by atoms with Crippen molar-refractivity contribution >= 4 is 0 Å². The number of hydrogen-bond donors (Lipinski definition) is 1. The van der Waals surface area contributed by atoms with Gasteiger partial charge in [0.15, 0.2) is 0 Å². The molecule has 13 heavy (non-hydrogen) atoms. The molecule has 0 fully saturated rings. The molecule has 0 aliphatic rings. The van der Waals surface area contributed by atoms with Gasteiger partial charge in [-0.2, -0.15) is 0 Å². The third-order valence-electron chi connectivity index (χ3n) is 2.15. The zero-order valence-corrected chi connectivity index (χ0v) is 9.47. The number of nitrogens with one attached hydrogen (secondary N) is 1. The molecule has 0 bridgehead atoms. The van der Waals surface area contributed by atoms with Gasteiger partial charge >= 0.3 is 0 Å². The van der Waals surface area contributed by atoms with E-state index >= 15 is 0 Å². The van der Waals surface area contributed by atoms with E-state index in [9.17, 15) is 0 Å². The molecule has 78 valence electrons. The molecule has 1 atom stereocenters. The van der Waals surface area contributed by atoms with Crippen LogP contribution in [0.4, 0.5) is 0 Å². The number of rotatable bonds is 8. The lowest BCUT2D eigenvalue weighted by Gasteiger charge is -2.13. The fraction of sp³-hybridized carbons (Fsp3) is 0.833. The molecule has 1 nitrogen and oxygen atoms in total. The normalized spacial score (nSPS) is 13.2. The summed E-state index contributed by atoms with van der Waals surface area (Å²) in [6.45, 7) is 12.8. The van der Waals surface area contributed by atoms with E-state index in [-0.39, 0.29) is 0 Å². The molecule has 0 saturated carbocycles. The number of unbranched alkanes of at least 4 members (excludes halogenated alkanes) is 1. The van der Waals surface area contributed by atoms with E-state index in [1.54, 1.807) is 0 Å². The van der Waals surface area contributed by atoms with Gasteiger partial charge in [0.1, 0.15) is 0 Å². The van der Waals surface area contributed by atoms with Crippen LogP contribution < -0.4 is 5.32 Å². The maximum Gasteiger partial charge on any atom is -0.00230 e. The smallest absolute Gasteiger partial charge is 0.00230 e. The Morgan fingerprint density at radius 3 is 2.46 bits per heavy atom. The molecule has 0 aromatic carbocycles. The molecule has 0 spiro atoms. The summed E-state index contributed by atoms with van der Waals surface area (Å²) in [7, 11) is 0. The summed E-state index contributed by atoms with van der Waals surface area (Å²) < 4.78 is 0. The minimum atomic E-state index is 0.764. The van der Waals surface area contributed by atoms with Crippen molar-refractivity contribution in [1.29, 1.82) is 0 Å². The predicted octanol–water partition coefficient (Wildman–Crippen LogP) is 3.22. The van der Waals surface area contributed by atoms with Crippen LogP contribution in [0.5, 0.6) is 0 Å². The standard InChI is InChI=1S/C12H25N/c1-5-6-7-8-12(4)10-13-9-11(2)3/h5,11-13H,1,6-10H2,2-4H3. The van der Waals surface area contributed by atoms with Gasteiger partial charge < -0.3 is 5.32 Å². The van der Waals surface area contributed by atoms with E-state index in [0.29, 0.717) is 0 Å². The molecular weight excluding hydrogens is 158 g/mol. The van der Waals surface area contributed by atoms with E-state index in [0.717, 1.165) is 31.3 Å². The van der Waals surface area contributed by atoms with Crippen LogP contribution >= 0.6 is 0 Å². The fourth-order valence-corrected chi connectivity index (χ4v) is 1.33. The first-order valence-electron chi connectivity index (χ1n) is 5.48. The molecule has 0 heterocycles. The van der Waals surface area contributed by atoms with Crippen molar-refractivity contribution < 1.29 is 0 Å². The Morgan fingerprint density at radius 2 is 1.92 bits per heavy atom. The second-order valence-corrected chi connectivity index (χ2v) is 4.38. The SMILES string of the molecule is C=CCCCC(C)CNCC(C)C. The minimum absolute atomic E-state index is 0.764. The summed E-state index contributed by atoms with van der Waals surface area (Å²) in [5, 5.41) is 3.49. The monoisotopic (exact) mass is 183 g/mol. The third-order valence-corrected chi connectivity index (χ3v) is 2.15. The Morgan fingerprint density at radius 1 is 1.23 bits per heavy atom. The van der Waals surface area contributed by atoms with Gasteiger partial charge in [-0.3, -0.25) is 0 Å². The quantitative estimate of drug-likeness (QED) is 0.450. The topological polar surface area (TPSA) is 12.0 Å². The zero-order chi connectivity index (χ0) is 10.1. The molecule has 0 aromatic rings. The summed E-state index contributed by atoms with van der Waals surface area (Å²) in [5.41, 5.74) is 0. The van der Waals surface area contributed by atoms with Crippen LogP contribution in [0.25, 0.3) is 0 Å². The lowest BCUT2D eigenvalue weighted by molar-refractivity contribution is 0.445. The highest BCUT2D eigenvalue weighted by Gasteiger charge is 2.01. The second-order valence-electron chi connectivity index (χ2n) is 4.38. The van der Waals surface area contributed by atoms with Gasteiger partial charge in [-0.25, -0.2) is 0 Å². The van der Waals surface area contributed by atoms with Crippen molar-refractivity contribution in [3.63, 3.8) is 0 Å². The van der Waals surface area contributed by atoms with Gasteiger partial charge in [0, 0.05) is 0 Å². The average Bonchev–Trinajstić information content (AvgIpc) is 2.04. The molecule has 0 aromatic heterocycles. The van der Waals surface area contributed by atoms with Crippen LogP contribution in [-0.4, -0.2) is 13.1 Å². The molecule has 1 unspecified atom stereocenters. The number of allylic oxidation sites excluding steroid dienone is 1. The first kappa shape index (κ1) is 12.7. The Kier molecular flexibility index (Phi) is 8.11. The maximum absolute atomic E-state index is 3.73. The van der Waals surface area contributed by atoms with E-state index < -0.39 is 0 Å². The first-order valence-corrected chi connectivity index (χ1v) is 5.48. The largest absolute Gasteiger partial charge is 0.316 e. The maximum atomic E-state index is 3.73. The molecule has 1 N–H and O–H groups in total. The van der Waals surface area contributed by atoms with Gasteiger partial charge in [0.25, 0.3) is 0 Å². The van der Waals surface area contributed by atoms with E-state index in [1.807, 2.05) is 6.08 Å². The summed E-state index contributed by atoms with van der Waals surface area (Å²) in [4.78, 5) is 0. The Balaban J connectivity index is 3.19. The molecule has 0 radical (unpaired) electrons. The van der Waals surface area contributed by atoms with Gasteiger partial charge in [0.2, 0.25) is 0 Å².